The minimum Gasteiger partial charge on any atom is -0.372 e. The van der Waals surface area contributed by atoms with Gasteiger partial charge >= 0.3 is 6.04 Å². The lowest BCUT2D eigenvalue weighted by atomic mass is 10.2. The van der Waals surface area contributed by atoms with Gasteiger partial charge in [-0.1, -0.05) is 33.1 Å². The molecule has 0 aliphatic heterocycles. The van der Waals surface area contributed by atoms with Gasteiger partial charge in [-0.15, -0.1) is 0 Å². The van der Waals surface area contributed by atoms with Crippen molar-refractivity contribution in [3.05, 3.63) is 0 Å². The van der Waals surface area contributed by atoms with Gasteiger partial charge in [-0.2, -0.15) is 16.2 Å². The second kappa shape index (κ2) is 27.4. The van der Waals surface area contributed by atoms with Crippen LogP contribution in [0.2, 0.25) is 0 Å². The molecule has 4 nitrogen and oxygen atoms in total. The van der Waals surface area contributed by atoms with Crippen LogP contribution in [0, 0.1) is 0 Å². The molecule has 0 saturated carbocycles. The van der Waals surface area contributed by atoms with Gasteiger partial charge in [0.05, 0.1) is 0 Å². The van der Waals surface area contributed by atoms with E-state index in [0.29, 0.717) is 6.42 Å². The number of halogens is 1. The maximum absolute atomic E-state index is 11.4. The van der Waals surface area contributed by atoms with Crippen molar-refractivity contribution in [3.8, 4) is 0 Å². The lowest BCUT2D eigenvalue weighted by Crippen LogP contribution is -1.85. The van der Waals surface area contributed by atoms with Crippen molar-refractivity contribution in [3.63, 3.8) is 0 Å². The lowest BCUT2D eigenvalue weighted by molar-refractivity contribution is -0.129. The van der Waals surface area contributed by atoms with E-state index < -0.39 is 6.04 Å². The van der Waals surface area contributed by atoms with E-state index in [1.165, 1.54) is 24.3 Å². The Bertz CT molecular complexity index is 229. The molecule has 0 atom stereocenters. The van der Waals surface area contributed by atoms with Gasteiger partial charge < -0.3 is 10.5 Å². The number of rotatable bonds is 11. The summed E-state index contributed by atoms with van der Waals surface area (Å²) in [6.07, 6.45) is 8.36. The van der Waals surface area contributed by atoms with Crippen molar-refractivity contribution in [1.82, 2.24) is 0 Å². The predicted octanol–water partition coefficient (Wildman–Crippen LogP) is 3.66. The van der Waals surface area contributed by atoms with Crippen LogP contribution in [-0.2, 0) is 14.4 Å². The van der Waals surface area contributed by atoms with Crippen LogP contribution < -0.4 is 5.73 Å². The Labute approximate surface area is 132 Å². The molecule has 0 saturated heterocycles. The summed E-state index contributed by atoms with van der Waals surface area (Å²) < 4.78 is 11.4. The standard InChI is InChI=1S/C8H16OS.C6H11FO.CH3NO/c1-2-10-8-6-4-3-5-7-9;1-2-3-4-5-6(7)8;2-1-3/h7H,2-6,8H2,1H3;2-5H2,1H3;1H,(H2,2,3). The largest absolute Gasteiger partial charge is 0.372 e. The number of carbonyl (C=O) groups is 3. The van der Waals surface area contributed by atoms with Crippen LogP contribution in [0.5, 0.6) is 0 Å². The summed E-state index contributed by atoms with van der Waals surface area (Å²) >= 11 is 1.98. The molecule has 6 heteroatoms. The SMILES string of the molecule is CCCCCC(=O)F.CCSCCCCCC=O.NC=O. The quantitative estimate of drug-likeness (QED) is 0.357. The first kappa shape index (κ1) is 25.1. The molecule has 126 valence electrons. The van der Waals surface area contributed by atoms with Gasteiger partial charge in [0.25, 0.3) is 0 Å². The minimum absolute atomic E-state index is 0.105. The number of amides is 1. The highest BCUT2D eigenvalue weighted by Gasteiger charge is 1.94. The molecule has 0 aliphatic rings. The van der Waals surface area contributed by atoms with Crippen molar-refractivity contribution in [1.29, 1.82) is 0 Å². The number of unbranched alkanes of at least 4 members (excludes halogenated alkanes) is 5. The summed E-state index contributed by atoms with van der Waals surface area (Å²) in [4.78, 5) is 28.1. The zero-order valence-electron chi connectivity index (χ0n) is 13.3. The van der Waals surface area contributed by atoms with Gasteiger partial charge in [0.2, 0.25) is 6.41 Å². The average Bonchev–Trinajstić information content (AvgIpc) is 2.44. The summed E-state index contributed by atoms with van der Waals surface area (Å²) in [6.45, 7) is 4.19. The third kappa shape index (κ3) is 45.3. The summed E-state index contributed by atoms with van der Waals surface area (Å²) in [6, 6.07) is -1.18. The van der Waals surface area contributed by atoms with Crippen LogP contribution in [0.1, 0.15) is 65.2 Å². The normalized spacial score (nSPS) is 8.71. The Kier molecular flexibility index (Phi) is 32.7. The van der Waals surface area contributed by atoms with Gasteiger partial charge in [-0.05, 0) is 30.8 Å². The van der Waals surface area contributed by atoms with E-state index in [0.717, 1.165) is 32.0 Å². The van der Waals surface area contributed by atoms with Gasteiger partial charge in [0, 0.05) is 12.8 Å². The first-order valence-corrected chi connectivity index (χ1v) is 8.61. The Morgan fingerprint density at radius 1 is 1.10 bits per heavy atom. The number of carbonyl (C=O) groups excluding carboxylic acids is 3. The minimum atomic E-state index is -1.18. The average molecular weight is 323 g/mol. The first-order chi connectivity index (χ1) is 10.1. The Morgan fingerprint density at radius 3 is 2.14 bits per heavy atom. The zero-order chi connectivity index (χ0) is 16.8. The number of nitrogens with two attached hydrogens (primary N) is 1. The molecular formula is C15H30FNO3S. The lowest BCUT2D eigenvalue weighted by Gasteiger charge is -1.95. The third-order valence-electron chi connectivity index (χ3n) is 2.29. The predicted molar refractivity (Wildman–Crippen MR) is 88.0 cm³/mol. The fourth-order valence-electron chi connectivity index (χ4n) is 1.27. The molecular weight excluding hydrogens is 293 g/mol. The fourth-order valence-corrected chi connectivity index (χ4v) is 1.96. The van der Waals surface area contributed by atoms with Crippen LogP contribution in [0.4, 0.5) is 4.39 Å². The highest BCUT2D eigenvalue weighted by molar-refractivity contribution is 7.99. The van der Waals surface area contributed by atoms with E-state index >= 15 is 0 Å². The highest BCUT2D eigenvalue weighted by Crippen LogP contribution is 2.05. The Morgan fingerprint density at radius 2 is 1.71 bits per heavy atom. The first-order valence-electron chi connectivity index (χ1n) is 7.45. The van der Waals surface area contributed by atoms with Crippen molar-refractivity contribution in [2.24, 2.45) is 5.73 Å². The van der Waals surface area contributed by atoms with E-state index in [9.17, 15) is 14.0 Å². The second-order valence-electron chi connectivity index (χ2n) is 4.16. The van der Waals surface area contributed by atoms with Gasteiger partial charge in [-0.3, -0.25) is 9.59 Å². The third-order valence-corrected chi connectivity index (χ3v) is 3.28. The zero-order valence-corrected chi connectivity index (χ0v) is 14.1. The van der Waals surface area contributed by atoms with E-state index in [-0.39, 0.29) is 12.8 Å². The molecule has 0 aromatic heterocycles. The molecule has 0 unspecified atom stereocenters. The monoisotopic (exact) mass is 323 g/mol. The van der Waals surface area contributed by atoms with Crippen LogP contribution in [0.15, 0.2) is 0 Å². The number of thioether (sulfide) groups is 1. The molecule has 0 radical (unpaired) electrons. The van der Waals surface area contributed by atoms with Crippen molar-refractivity contribution >= 4 is 30.5 Å². The fraction of sp³-hybridized carbons (Fsp3) is 0.800. The summed E-state index contributed by atoms with van der Waals surface area (Å²) in [5, 5.41) is 0. The number of aldehydes is 1. The molecule has 0 aromatic carbocycles. The van der Waals surface area contributed by atoms with Crippen molar-refractivity contribution < 1.29 is 18.8 Å². The van der Waals surface area contributed by atoms with Crippen molar-refractivity contribution in [2.45, 2.75) is 65.2 Å². The molecule has 0 aliphatic carbocycles. The van der Waals surface area contributed by atoms with E-state index in [4.69, 9.17) is 4.79 Å². The van der Waals surface area contributed by atoms with Gasteiger partial charge in [0.1, 0.15) is 6.29 Å². The molecule has 0 rings (SSSR count). The second-order valence-corrected chi connectivity index (χ2v) is 5.56. The van der Waals surface area contributed by atoms with Crippen LogP contribution in [-0.4, -0.2) is 30.2 Å². The van der Waals surface area contributed by atoms with E-state index in [1.54, 1.807) is 0 Å². The maximum Gasteiger partial charge on any atom is 0.301 e. The van der Waals surface area contributed by atoms with E-state index in [2.05, 4.69) is 12.7 Å². The van der Waals surface area contributed by atoms with Crippen molar-refractivity contribution in [2.75, 3.05) is 11.5 Å². The maximum atomic E-state index is 11.4. The van der Waals surface area contributed by atoms with Crippen LogP contribution in [0.25, 0.3) is 0 Å². The van der Waals surface area contributed by atoms with E-state index in [1.807, 2.05) is 18.7 Å². The van der Waals surface area contributed by atoms with Gasteiger partial charge in [-0.25, -0.2) is 0 Å². The summed E-state index contributed by atoms with van der Waals surface area (Å²) in [5.41, 5.74) is 4.17. The Balaban J connectivity index is -0.000000264. The van der Waals surface area contributed by atoms with Gasteiger partial charge in [0.15, 0.2) is 0 Å². The summed E-state index contributed by atoms with van der Waals surface area (Å²) in [7, 11) is 0. The molecule has 0 spiro atoms. The summed E-state index contributed by atoms with van der Waals surface area (Å²) in [5.74, 6) is 2.48. The molecule has 2 N–H and O–H groups in total. The smallest absolute Gasteiger partial charge is 0.301 e. The topological polar surface area (TPSA) is 77.2 Å². The highest BCUT2D eigenvalue weighted by atomic mass is 32.2. The number of hydrogen-bond donors (Lipinski definition) is 1. The van der Waals surface area contributed by atoms with Crippen LogP contribution in [0.3, 0.4) is 0 Å². The molecule has 0 aromatic rings. The molecule has 1 amide bonds. The molecule has 0 bridgehead atoms. The molecule has 21 heavy (non-hydrogen) atoms. The van der Waals surface area contributed by atoms with Crippen LogP contribution >= 0.6 is 11.8 Å². The molecule has 0 fully saturated rings. The number of hydrogen-bond acceptors (Lipinski definition) is 4. The Hall–Kier alpha value is -0.910. The molecule has 0 heterocycles. The number of primary amides is 1.